The number of thiophene rings is 1. The molecular weight excluding hydrogens is 462 g/mol. The van der Waals surface area contributed by atoms with Gasteiger partial charge in [-0.25, -0.2) is 0 Å². The van der Waals surface area contributed by atoms with Gasteiger partial charge in [-0.15, -0.1) is 11.3 Å². The number of hydrogen-bond donors (Lipinski definition) is 1. The number of nitrogens with zero attached hydrogens (tertiary/aromatic N) is 2. The number of para-hydroxylation sites is 1. The lowest BCUT2D eigenvalue weighted by Crippen LogP contribution is -2.46. The summed E-state index contributed by atoms with van der Waals surface area (Å²) in [5, 5.41) is 1.17. The van der Waals surface area contributed by atoms with Crippen molar-refractivity contribution in [3.8, 4) is 10.4 Å². The van der Waals surface area contributed by atoms with Crippen LogP contribution in [0.15, 0.2) is 84.9 Å². The van der Waals surface area contributed by atoms with E-state index in [9.17, 15) is 4.79 Å². The maximum absolute atomic E-state index is 13.6. The molecule has 0 radical (unpaired) electrons. The van der Waals surface area contributed by atoms with Crippen molar-refractivity contribution in [1.82, 2.24) is 4.90 Å². The van der Waals surface area contributed by atoms with Crippen LogP contribution in [0.2, 0.25) is 5.02 Å². The van der Waals surface area contributed by atoms with Gasteiger partial charge in [0.25, 0.3) is 0 Å². The number of halogens is 1. The van der Waals surface area contributed by atoms with Crippen molar-refractivity contribution in [3.63, 3.8) is 0 Å². The van der Waals surface area contributed by atoms with Gasteiger partial charge in [0.1, 0.15) is 0 Å². The summed E-state index contributed by atoms with van der Waals surface area (Å²) >= 11 is 7.55. The summed E-state index contributed by atoms with van der Waals surface area (Å²) in [6, 6.07) is 27.8. The van der Waals surface area contributed by atoms with Crippen LogP contribution in [0.4, 0.5) is 10.7 Å². The van der Waals surface area contributed by atoms with Gasteiger partial charge in [-0.05, 0) is 47.5 Å². The summed E-state index contributed by atoms with van der Waals surface area (Å²) in [4.78, 5) is 19.5. The summed E-state index contributed by atoms with van der Waals surface area (Å²) in [6.07, 6.45) is 0. The molecule has 1 saturated heterocycles. The van der Waals surface area contributed by atoms with Gasteiger partial charge in [-0.3, -0.25) is 9.69 Å². The van der Waals surface area contributed by atoms with Crippen molar-refractivity contribution < 1.29 is 4.79 Å². The van der Waals surface area contributed by atoms with Crippen LogP contribution in [-0.2, 0) is 6.54 Å². The molecule has 1 aliphatic rings. The highest BCUT2D eigenvalue weighted by molar-refractivity contribution is 7.20. The van der Waals surface area contributed by atoms with Crippen molar-refractivity contribution in [2.75, 3.05) is 36.8 Å². The summed E-state index contributed by atoms with van der Waals surface area (Å²) in [5.41, 5.74) is 11.1. The third kappa shape index (κ3) is 4.73. The van der Waals surface area contributed by atoms with E-state index in [1.54, 1.807) is 24.3 Å². The van der Waals surface area contributed by atoms with Crippen LogP contribution >= 0.6 is 22.9 Å². The van der Waals surface area contributed by atoms with E-state index in [0.717, 1.165) is 42.2 Å². The van der Waals surface area contributed by atoms with Crippen molar-refractivity contribution in [2.45, 2.75) is 6.54 Å². The third-order valence-corrected chi connectivity index (χ3v) is 7.64. The van der Waals surface area contributed by atoms with E-state index in [-0.39, 0.29) is 5.78 Å². The Hall–Kier alpha value is -3.12. The number of benzene rings is 3. The number of rotatable bonds is 6. The van der Waals surface area contributed by atoms with Gasteiger partial charge in [0.2, 0.25) is 0 Å². The first-order valence-corrected chi connectivity index (χ1v) is 12.6. The number of ketones is 1. The molecule has 5 rings (SSSR count). The first-order chi connectivity index (χ1) is 16.6. The normalized spacial score (nSPS) is 14.3. The SMILES string of the molecule is Nc1sc(-c2ccccc2)c(CN2CCN(c3ccccc3)CC2)c1C(=O)c1ccc(Cl)cc1. The smallest absolute Gasteiger partial charge is 0.196 e. The van der Waals surface area contributed by atoms with Gasteiger partial charge in [-0.2, -0.15) is 0 Å². The zero-order valence-corrected chi connectivity index (χ0v) is 20.4. The minimum absolute atomic E-state index is 0.0504. The quantitative estimate of drug-likeness (QED) is 0.329. The number of hydrogen-bond acceptors (Lipinski definition) is 5. The molecule has 0 aliphatic carbocycles. The lowest BCUT2D eigenvalue weighted by Gasteiger charge is -2.36. The van der Waals surface area contributed by atoms with E-state index in [0.29, 0.717) is 27.7 Å². The molecule has 0 bridgehead atoms. The fraction of sp³-hybridized carbons (Fsp3) is 0.179. The van der Waals surface area contributed by atoms with Gasteiger partial charge in [0, 0.05) is 53.9 Å². The monoisotopic (exact) mass is 487 g/mol. The Balaban J connectivity index is 1.45. The topological polar surface area (TPSA) is 49.6 Å². The van der Waals surface area contributed by atoms with E-state index in [4.69, 9.17) is 17.3 Å². The van der Waals surface area contributed by atoms with E-state index in [2.05, 4.69) is 46.2 Å². The Labute approximate surface area is 209 Å². The second kappa shape index (κ2) is 10.0. The fourth-order valence-corrected chi connectivity index (χ4v) is 5.69. The van der Waals surface area contributed by atoms with Crippen molar-refractivity contribution in [3.05, 3.63) is 107 Å². The van der Waals surface area contributed by atoms with Crippen LogP contribution in [0.3, 0.4) is 0 Å². The molecule has 1 aromatic heterocycles. The standard InChI is InChI=1S/C28H26ClN3OS/c29-22-13-11-20(12-14-22)26(33)25-24(27(34-28(25)30)21-7-3-1-4-8-21)19-31-15-17-32(18-16-31)23-9-5-2-6-10-23/h1-14H,15-19,30H2. The van der Waals surface area contributed by atoms with E-state index >= 15 is 0 Å². The molecular formula is C28H26ClN3OS. The van der Waals surface area contributed by atoms with Gasteiger partial charge >= 0.3 is 0 Å². The zero-order chi connectivity index (χ0) is 23.5. The molecule has 34 heavy (non-hydrogen) atoms. The maximum Gasteiger partial charge on any atom is 0.196 e. The van der Waals surface area contributed by atoms with Gasteiger partial charge in [0.15, 0.2) is 5.78 Å². The molecule has 1 fully saturated rings. The number of nitrogens with two attached hydrogens (primary N) is 1. The number of anilines is 2. The van der Waals surface area contributed by atoms with Crippen molar-refractivity contribution in [2.24, 2.45) is 0 Å². The van der Waals surface area contributed by atoms with Gasteiger partial charge in [-0.1, -0.05) is 60.1 Å². The molecule has 0 spiro atoms. The average Bonchev–Trinajstić information content (AvgIpc) is 3.21. The predicted octanol–water partition coefficient (Wildman–Crippen LogP) is 6.20. The molecule has 4 nitrogen and oxygen atoms in total. The number of nitrogen functional groups attached to an aromatic ring is 1. The second-order valence-electron chi connectivity index (χ2n) is 8.45. The number of piperazine rings is 1. The Bertz CT molecular complexity index is 1260. The van der Waals surface area contributed by atoms with E-state index < -0.39 is 0 Å². The van der Waals surface area contributed by atoms with Crippen molar-refractivity contribution in [1.29, 1.82) is 0 Å². The Morgan fingerprint density at radius 1 is 0.853 bits per heavy atom. The molecule has 0 atom stereocenters. The van der Waals surface area contributed by atoms with Crippen LogP contribution in [0, 0.1) is 0 Å². The van der Waals surface area contributed by atoms with Gasteiger partial charge in [0.05, 0.1) is 10.6 Å². The molecule has 172 valence electrons. The predicted molar refractivity (Wildman–Crippen MR) is 143 cm³/mol. The van der Waals surface area contributed by atoms with Crippen molar-refractivity contribution >= 4 is 39.4 Å². The number of carbonyl (C=O) groups is 1. The summed E-state index contributed by atoms with van der Waals surface area (Å²) in [5.74, 6) is -0.0504. The van der Waals surface area contributed by atoms with E-state index in [1.165, 1.54) is 17.0 Å². The summed E-state index contributed by atoms with van der Waals surface area (Å²) in [7, 11) is 0. The van der Waals surface area contributed by atoms with Crippen LogP contribution in [-0.4, -0.2) is 36.9 Å². The third-order valence-electron chi connectivity index (χ3n) is 6.28. The zero-order valence-electron chi connectivity index (χ0n) is 18.8. The fourth-order valence-electron chi connectivity index (χ4n) is 4.48. The molecule has 0 unspecified atom stereocenters. The highest BCUT2D eigenvalue weighted by Gasteiger charge is 2.27. The molecule has 6 heteroatoms. The lowest BCUT2D eigenvalue weighted by atomic mass is 9.97. The molecule has 2 heterocycles. The summed E-state index contributed by atoms with van der Waals surface area (Å²) < 4.78 is 0. The molecule has 0 saturated carbocycles. The number of carbonyl (C=O) groups excluding carboxylic acids is 1. The van der Waals surface area contributed by atoms with Gasteiger partial charge < -0.3 is 10.6 Å². The molecule has 1 aliphatic heterocycles. The Morgan fingerprint density at radius 2 is 1.47 bits per heavy atom. The van der Waals surface area contributed by atoms with E-state index in [1.807, 2.05) is 24.3 Å². The van der Waals surface area contributed by atoms with Crippen LogP contribution in [0.25, 0.3) is 10.4 Å². The average molecular weight is 488 g/mol. The maximum atomic E-state index is 13.6. The summed E-state index contributed by atoms with van der Waals surface area (Å²) in [6.45, 7) is 4.44. The highest BCUT2D eigenvalue weighted by Crippen LogP contribution is 2.40. The Morgan fingerprint density at radius 3 is 2.12 bits per heavy atom. The molecule has 3 aromatic carbocycles. The largest absolute Gasteiger partial charge is 0.390 e. The van der Waals surface area contributed by atoms with Crippen LogP contribution < -0.4 is 10.6 Å². The highest BCUT2D eigenvalue weighted by atomic mass is 35.5. The second-order valence-corrected chi connectivity index (χ2v) is 9.94. The minimum Gasteiger partial charge on any atom is -0.390 e. The molecule has 2 N–H and O–H groups in total. The molecule has 0 amide bonds. The first kappa shape index (κ1) is 22.7. The molecule has 4 aromatic rings. The van der Waals surface area contributed by atoms with Crippen LogP contribution in [0.5, 0.6) is 0 Å². The van der Waals surface area contributed by atoms with Crippen LogP contribution in [0.1, 0.15) is 21.5 Å². The lowest BCUT2D eigenvalue weighted by molar-refractivity contribution is 0.103. The first-order valence-electron chi connectivity index (χ1n) is 11.4. The Kier molecular flexibility index (Phi) is 6.68. The minimum atomic E-state index is -0.0504.